The fraction of sp³-hybridized carbons (Fsp3) is 0.444. The van der Waals surface area contributed by atoms with E-state index >= 15 is 0 Å². The molecule has 128 valence electrons. The molecule has 0 aliphatic heterocycles. The molecular weight excluding hydrogens is 328 g/mol. The van der Waals surface area contributed by atoms with E-state index in [1.807, 2.05) is 10.8 Å². The number of aromatic nitrogens is 2. The molecule has 1 N–H and O–H groups in total. The Bertz CT molecular complexity index is 736. The molecule has 2 aromatic rings. The van der Waals surface area contributed by atoms with Gasteiger partial charge in [0.1, 0.15) is 11.6 Å². The Morgan fingerprint density at radius 3 is 2.83 bits per heavy atom. The zero-order valence-electron chi connectivity index (χ0n) is 13.7. The number of hydrogen-bond donors (Lipinski definition) is 1. The standard InChI is InChI=1S/C18H21ClN2O3/c1-2-24-18(23)13-10-15(16(22)11-14(13)19)21-9-8-20-17(21)12-6-4-3-5-7-12/h8-12,22H,2-7H2,1H3. The van der Waals surface area contributed by atoms with Crippen molar-refractivity contribution in [1.82, 2.24) is 9.55 Å². The predicted molar refractivity (Wildman–Crippen MR) is 92.0 cm³/mol. The maximum atomic E-state index is 12.1. The van der Waals surface area contributed by atoms with Gasteiger partial charge in [0.05, 0.1) is 22.9 Å². The van der Waals surface area contributed by atoms with Crippen molar-refractivity contribution in [2.24, 2.45) is 0 Å². The molecule has 0 spiro atoms. The van der Waals surface area contributed by atoms with Crippen molar-refractivity contribution in [1.29, 1.82) is 0 Å². The van der Waals surface area contributed by atoms with E-state index in [9.17, 15) is 9.90 Å². The van der Waals surface area contributed by atoms with Gasteiger partial charge in [-0.05, 0) is 25.8 Å². The number of halogens is 1. The highest BCUT2D eigenvalue weighted by Gasteiger charge is 2.23. The Morgan fingerprint density at radius 2 is 2.12 bits per heavy atom. The van der Waals surface area contributed by atoms with Crippen LogP contribution in [-0.2, 0) is 4.74 Å². The van der Waals surface area contributed by atoms with Crippen LogP contribution in [0.1, 0.15) is 61.1 Å². The van der Waals surface area contributed by atoms with Gasteiger partial charge in [0, 0.05) is 24.4 Å². The van der Waals surface area contributed by atoms with Crippen molar-refractivity contribution in [3.63, 3.8) is 0 Å². The number of carbonyl (C=O) groups is 1. The summed E-state index contributed by atoms with van der Waals surface area (Å²) >= 11 is 6.10. The molecule has 1 aliphatic carbocycles. The summed E-state index contributed by atoms with van der Waals surface area (Å²) in [5.74, 6) is 0.809. The number of hydrogen-bond acceptors (Lipinski definition) is 4. The van der Waals surface area contributed by atoms with Gasteiger partial charge in [-0.25, -0.2) is 9.78 Å². The topological polar surface area (TPSA) is 64.4 Å². The Balaban J connectivity index is 2.02. The monoisotopic (exact) mass is 348 g/mol. The molecule has 1 aromatic heterocycles. The number of carbonyl (C=O) groups excluding carboxylic acids is 1. The van der Waals surface area contributed by atoms with Gasteiger partial charge < -0.3 is 9.84 Å². The van der Waals surface area contributed by atoms with Crippen LogP contribution in [0.25, 0.3) is 5.69 Å². The maximum absolute atomic E-state index is 12.1. The van der Waals surface area contributed by atoms with Crippen molar-refractivity contribution in [3.8, 4) is 11.4 Å². The summed E-state index contributed by atoms with van der Waals surface area (Å²) < 4.78 is 6.89. The fourth-order valence-corrected chi connectivity index (χ4v) is 3.53. The molecule has 1 fully saturated rings. The third-order valence-corrected chi connectivity index (χ3v) is 4.77. The van der Waals surface area contributed by atoms with Gasteiger partial charge in [-0.3, -0.25) is 4.57 Å². The Morgan fingerprint density at radius 1 is 1.38 bits per heavy atom. The molecule has 1 saturated carbocycles. The van der Waals surface area contributed by atoms with Crippen LogP contribution < -0.4 is 0 Å². The summed E-state index contributed by atoms with van der Waals surface area (Å²) in [5, 5.41) is 10.5. The smallest absolute Gasteiger partial charge is 0.339 e. The summed E-state index contributed by atoms with van der Waals surface area (Å²) in [6.45, 7) is 2.01. The van der Waals surface area contributed by atoms with Crippen LogP contribution in [0.5, 0.6) is 5.75 Å². The normalized spacial score (nSPS) is 15.4. The van der Waals surface area contributed by atoms with E-state index in [-0.39, 0.29) is 22.9 Å². The Hall–Kier alpha value is -2.01. The minimum atomic E-state index is -0.497. The van der Waals surface area contributed by atoms with Gasteiger partial charge in [0.2, 0.25) is 0 Å². The number of esters is 1. The first-order valence-electron chi connectivity index (χ1n) is 8.35. The lowest BCUT2D eigenvalue weighted by molar-refractivity contribution is 0.0526. The summed E-state index contributed by atoms with van der Waals surface area (Å²) in [6, 6.07) is 2.96. The number of imidazole rings is 1. The van der Waals surface area contributed by atoms with Gasteiger partial charge in [0.15, 0.2) is 0 Å². The lowest BCUT2D eigenvalue weighted by Gasteiger charge is -2.22. The van der Waals surface area contributed by atoms with E-state index in [0.717, 1.165) is 18.7 Å². The van der Waals surface area contributed by atoms with Gasteiger partial charge in [-0.1, -0.05) is 30.9 Å². The second-order valence-corrected chi connectivity index (χ2v) is 6.44. The second kappa shape index (κ2) is 7.26. The minimum absolute atomic E-state index is 0.0168. The number of phenolic OH excluding ortho intramolecular Hbond substituents is 1. The average Bonchev–Trinajstić information content (AvgIpc) is 3.05. The van der Waals surface area contributed by atoms with E-state index in [4.69, 9.17) is 16.3 Å². The molecule has 0 unspecified atom stereocenters. The van der Waals surface area contributed by atoms with Crippen molar-refractivity contribution < 1.29 is 14.6 Å². The number of ether oxygens (including phenoxy) is 1. The lowest BCUT2D eigenvalue weighted by atomic mass is 9.88. The van der Waals surface area contributed by atoms with E-state index in [1.165, 1.54) is 25.3 Å². The van der Waals surface area contributed by atoms with Crippen LogP contribution >= 0.6 is 11.6 Å². The number of benzene rings is 1. The highest BCUT2D eigenvalue weighted by Crippen LogP contribution is 2.36. The van der Waals surface area contributed by atoms with Crippen LogP contribution in [0.15, 0.2) is 24.5 Å². The molecule has 1 aromatic carbocycles. The van der Waals surface area contributed by atoms with Crippen molar-refractivity contribution in [2.75, 3.05) is 6.61 Å². The summed E-state index contributed by atoms with van der Waals surface area (Å²) in [4.78, 5) is 16.6. The molecule has 6 heteroatoms. The van der Waals surface area contributed by atoms with E-state index in [0.29, 0.717) is 11.6 Å². The largest absolute Gasteiger partial charge is 0.506 e. The second-order valence-electron chi connectivity index (χ2n) is 6.03. The molecule has 0 atom stereocenters. The first-order valence-corrected chi connectivity index (χ1v) is 8.73. The van der Waals surface area contributed by atoms with Crippen LogP contribution in [0.3, 0.4) is 0 Å². The zero-order chi connectivity index (χ0) is 17.1. The Labute approximate surface area is 146 Å². The third kappa shape index (κ3) is 3.26. The molecule has 24 heavy (non-hydrogen) atoms. The molecule has 1 heterocycles. The molecule has 1 aliphatic rings. The van der Waals surface area contributed by atoms with Gasteiger partial charge in [0.25, 0.3) is 0 Å². The van der Waals surface area contributed by atoms with Crippen LogP contribution in [0.2, 0.25) is 5.02 Å². The zero-order valence-corrected chi connectivity index (χ0v) is 14.4. The number of rotatable bonds is 4. The van der Waals surface area contributed by atoms with Crippen molar-refractivity contribution in [2.45, 2.75) is 44.9 Å². The molecule has 0 saturated heterocycles. The van der Waals surface area contributed by atoms with E-state index in [1.54, 1.807) is 19.2 Å². The maximum Gasteiger partial charge on any atom is 0.339 e. The summed E-state index contributed by atoms with van der Waals surface area (Å²) in [5.41, 5.74) is 0.745. The number of aromatic hydroxyl groups is 1. The van der Waals surface area contributed by atoms with E-state index < -0.39 is 5.97 Å². The van der Waals surface area contributed by atoms with Crippen molar-refractivity contribution in [3.05, 3.63) is 40.9 Å². The molecule has 0 radical (unpaired) electrons. The molecule has 5 nitrogen and oxygen atoms in total. The first kappa shape index (κ1) is 16.8. The fourth-order valence-electron chi connectivity index (χ4n) is 3.29. The highest BCUT2D eigenvalue weighted by molar-refractivity contribution is 6.33. The van der Waals surface area contributed by atoms with E-state index in [2.05, 4.69) is 4.98 Å². The average molecular weight is 349 g/mol. The number of phenols is 1. The van der Waals surface area contributed by atoms with Gasteiger partial charge in [-0.15, -0.1) is 0 Å². The Kier molecular flexibility index (Phi) is 5.09. The SMILES string of the molecule is CCOC(=O)c1cc(-n2ccnc2C2CCCCC2)c(O)cc1Cl. The molecule has 0 bridgehead atoms. The summed E-state index contributed by atoms with van der Waals surface area (Å²) in [6.07, 6.45) is 9.36. The highest BCUT2D eigenvalue weighted by atomic mass is 35.5. The number of nitrogens with zero attached hydrogens (tertiary/aromatic N) is 2. The van der Waals surface area contributed by atoms with Crippen LogP contribution in [0, 0.1) is 0 Å². The summed E-state index contributed by atoms with van der Waals surface area (Å²) in [7, 11) is 0. The van der Waals surface area contributed by atoms with Crippen LogP contribution in [-0.4, -0.2) is 27.2 Å². The minimum Gasteiger partial charge on any atom is -0.506 e. The van der Waals surface area contributed by atoms with Crippen LogP contribution in [0.4, 0.5) is 0 Å². The van der Waals surface area contributed by atoms with Crippen molar-refractivity contribution >= 4 is 17.6 Å². The molecule has 3 rings (SSSR count). The van der Waals surface area contributed by atoms with Gasteiger partial charge in [-0.2, -0.15) is 0 Å². The molecule has 0 amide bonds. The third-order valence-electron chi connectivity index (χ3n) is 4.46. The predicted octanol–water partition coefficient (Wildman–Crippen LogP) is 4.46. The lowest BCUT2D eigenvalue weighted by Crippen LogP contribution is -2.12. The van der Waals surface area contributed by atoms with Gasteiger partial charge >= 0.3 is 5.97 Å². The quantitative estimate of drug-likeness (QED) is 0.829. The first-order chi connectivity index (χ1) is 11.6. The molecular formula is C18H21ClN2O3.